The molecule has 0 aromatic carbocycles. The molecule has 118 valence electrons. The third-order valence-corrected chi connectivity index (χ3v) is 3.96. The average Bonchev–Trinajstić information content (AvgIpc) is 2.87. The lowest BCUT2D eigenvalue weighted by Gasteiger charge is -2.21. The van der Waals surface area contributed by atoms with Gasteiger partial charge in [-0.1, -0.05) is 19.0 Å². The third-order valence-electron chi connectivity index (χ3n) is 3.96. The van der Waals surface area contributed by atoms with Crippen molar-refractivity contribution in [2.45, 2.75) is 32.7 Å². The molecule has 0 bridgehead atoms. The Morgan fingerprint density at radius 1 is 1.14 bits per heavy atom. The van der Waals surface area contributed by atoms with Gasteiger partial charge in [0.05, 0.1) is 5.69 Å². The summed E-state index contributed by atoms with van der Waals surface area (Å²) in [6, 6.07) is 3.93. The minimum Gasteiger partial charge on any atom is -0.361 e. The molecule has 1 saturated heterocycles. The molecule has 0 amide bonds. The lowest BCUT2D eigenvalue weighted by molar-refractivity contribution is 0.272. The zero-order valence-electron chi connectivity index (χ0n) is 13.3. The van der Waals surface area contributed by atoms with Crippen LogP contribution in [0.25, 0.3) is 0 Å². The summed E-state index contributed by atoms with van der Waals surface area (Å²) in [6.45, 7) is 9.08. The number of nitrogens with zero attached hydrogens (tertiary/aromatic N) is 5. The second-order valence-electron chi connectivity index (χ2n) is 6.04. The van der Waals surface area contributed by atoms with Crippen LogP contribution in [0, 0.1) is 0 Å². The molecule has 0 unspecified atom stereocenters. The van der Waals surface area contributed by atoms with E-state index in [1.54, 1.807) is 12.4 Å². The molecule has 3 heterocycles. The Morgan fingerprint density at radius 2 is 1.95 bits per heavy atom. The van der Waals surface area contributed by atoms with Crippen molar-refractivity contribution in [2.75, 3.05) is 31.1 Å². The zero-order valence-corrected chi connectivity index (χ0v) is 13.3. The zero-order chi connectivity index (χ0) is 15.4. The summed E-state index contributed by atoms with van der Waals surface area (Å²) in [5.41, 5.74) is 1.02. The van der Waals surface area contributed by atoms with Gasteiger partial charge in [0.2, 0.25) is 5.95 Å². The molecule has 0 N–H and O–H groups in total. The van der Waals surface area contributed by atoms with Gasteiger partial charge in [-0.15, -0.1) is 0 Å². The van der Waals surface area contributed by atoms with E-state index in [1.165, 1.54) is 0 Å². The van der Waals surface area contributed by atoms with Crippen LogP contribution in [0.2, 0.25) is 0 Å². The van der Waals surface area contributed by atoms with Crippen LogP contribution in [0.15, 0.2) is 29.0 Å². The van der Waals surface area contributed by atoms with Crippen molar-refractivity contribution >= 4 is 5.95 Å². The van der Waals surface area contributed by atoms with Gasteiger partial charge in [0.25, 0.3) is 0 Å². The van der Waals surface area contributed by atoms with Gasteiger partial charge in [-0.3, -0.25) is 4.90 Å². The number of hydrogen-bond donors (Lipinski definition) is 0. The van der Waals surface area contributed by atoms with Crippen LogP contribution < -0.4 is 4.90 Å². The van der Waals surface area contributed by atoms with Crippen LogP contribution in [-0.4, -0.2) is 46.2 Å². The standard InChI is InChI=1S/C16H23N5O/c1-13(2)15-11-14(19-22-15)12-20-7-4-8-21(10-9-20)16-17-5-3-6-18-16/h3,5-6,11,13H,4,7-10,12H2,1-2H3. The lowest BCUT2D eigenvalue weighted by atomic mass is 10.1. The summed E-state index contributed by atoms with van der Waals surface area (Å²) in [5, 5.41) is 4.18. The molecule has 0 atom stereocenters. The Labute approximate surface area is 131 Å². The smallest absolute Gasteiger partial charge is 0.225 e. The van der Waals surface area contributed by atoms with E-state index < -0.39 is 0 Å². The monoisotopic (exact) mass is 301 g/mol. The lowest BCUT2D eigenvalue weighted by Crippen LogP contribution is -2.31. The van der Waals surface area contributed by atoms with Crippen molar-refractivity contribution in [3.05, 3.63) is 36.0 Å². The van der Waals surface area contributed by atoms with Gasteiger partial charge in [-0.25, -0.2) is 9.97 Å². The molecule has 2 aromatic rings. The molecule has 22 heavy (non-hydrogen) atoms. The SMILES string of the molecule is CC(C)c1cc(CN2CCCN(c3ncccn3)CC2)no1. The average molecular weight is 301 g/mol. The van der Waals surface area contributed by atoms with Crippen LogP contribution >= 0.6 is 0 Å². The second-order valence-corrected chi connectivity index (χ2v) is 6.04. The molecule has 2 aromatic heterocycles. The Balaban J connectivity index is 1.58. The first-order chi connectivity index (χ1) is 10.7. The van der Waals surface area contributed by atoms with Crippen molar-refractivity contribution in [1.82, 2.24) is 20.0 Å². The van der Waals surface area contributed by atoms with E-state index in [9.17, 15) is 0 Å². The Morgan fingerprint density at radius 3 is 2.68 bits per heavy atom. The van der Waals surface area contributed by atoms with Gasteiger partial charge in [-0.2, -0.15) is 0 Å². The highest BCUT2D eigenvalue weighted by Gasteiger charge is 2.18. The van der Waals surface area contributed by atoms with Crippen molar-refractivity contribution in [3.63, 3.8) is 0 Å². The highest BCUT2D eigenvalue weighted by Crippen LogP contribution is 2.17. The van der Waals surface area contributed by atoms with E-state index in [2.05, 4.69) is 44.8 Å². The topological polar surface area (TPSA) is 58.3 Å². The number of hydrogen-bond acceptors (Lipinski definition) is 6. The summed E-state index contributed by atoms with van der Waals surface area (Å²) in [6.07, 6.45) is 4.70. The van der Waals surface area contributed by atoms with E-state index in [4.69, 9.17) is 4.52 Å². The maximum absolute atomic E-state index is 5.38. The van der Waals surface area contributed by atoms with Crippen LogP contribution in [-0.2, 0) is 6.54 Å². The molecular weight excluding hydrogens is 278 g/mol. The highest BCUT2D eigenvalue weighted by molar-refractivity contribution is 5.28. The molecule has 0 aliphatic carbocycles. The van der Waals surface area contributed by atoms with E-state index in [0.717, 1.165) is 56.5 Å². The quantitative estimate of drug-likeness (QED) is 0.863. The van der Waals surface area contributed by atoms with Gasteiger partial charge in [0.1, 0.15) is 5.76 Å². The minimum atomic E-state index is 0.385. The first-order valence-electron chi connectivity index (χ1n) is 7.92. The van der Waals surface area contributed by atoms with Crippen molar-refractivity contribution in [2.24, 2.45) is 0 Å². The van der Waals surface area contributed by atoms with E-state index in [1.807, 2.05) is 6.07 Å². The summed E-state index contributed by atoms with van der Waals surface area (Å²) < 4.78 is 5.38. The van der Waals surface area contributed by atoms with Crippen LogP contribution in [0.1, 0.15) is 37.6 Å². The first-order valence-corrected chi connectivity index (χ1v) is 7.92. The third kappa shape index (κ3) is 3.62. The Kier molecular flexibility index (Phi) is 4.68. The van der Waals surface area contributed by atoms with E-state index in [-0.39, 0.29) is 0 Å². The van der Waals surface area contributed by atoms with Crippen molar-refractivity contribution in [3.8, 4) is 0 Å². The fourth-order valence-corrected chi connectivity index (χ4v) is 2.69. The predicted octanol–water partition coefficient (Wildman–Crippen LogP) is 2.30. The summed E-state index contributed by atoms with van der Waals surface area (Å²) in [4.78, 5) is 13.4. The molecule has 6 nitrogen and oxygen atoms in total. The van der Waals surface area contributed by atoms with Gasteiger partial charge < -0.3 is 9.42 Å². The van der Waals surface area contributed by atoms with Gasteiger partial charge >= 0.3 is 0 Å². The fraction of sp³-hybridized carbons (Fsp3) is 0.562. The second kappa shape index (κ2) is 6.87. The predicted molar refractivity (Wildman–Crippen MR) is 84.7 cm³/mol. The summed E-state index contributed by atoms with van der Waals surface area (Å²) in [7, 11) is 0. The molecule has 1 fully saturated rings. The molecule has 1 aliphatic heterocycles. The van der Waals surface area contributed by atoms with Gasteiger partial charge in [0.15, 0.2) is 0 Å². The van der Waals surface area contributed by atoms with E-state index in [0.29, 0.717) is 5.92 Å². The van der Waals surface area contributed by atoms with Crippen molar-refractivity contribution < 1.29 is 4.52 Å². The van der Waals surface area contributed by atoms with Crippen LogP contribution in [0.3, 0.4) is 0 Å². The molecule has 0 radical (unpaired) electrons. The minimum absolute atomic E-state index is 0.385. The Bertz CT molecular complexity index is 583. The maximum atomic E-state index is 5.38. The van der Waals surface area contributed by atoms with Crippen molar-refractivity contribution in [1.29, 1.82) is 0 Å². The molecule has 0 spiro atoms. The van der Waals surface area contributed by atoms with E-state index >= 15 is 0 Å². The number of rotatable bonds is 4. The van der Waals surface area contributed by atoms with Gasteiger partial charge in [0, 0.05) is 57.1 Å². The maximum Gasteiger partial charge on any atom is 0.225 e. The number of anilines is 1. The van der Waals surface area contributed by atoms with Crippen LogP contribution in [0.4, 0.5) is 5.95 Å². The van der Waals surface area contributed by atoms with Gasteiger partial charge in [-0.05, 0) is 12.5 Å². The summed E-state index contributed by atoms with van der Waals surface area (Å²) in [5.74, 6) is 2.17. The molecule has 6 heteroatoms. The highest BCUT2D eigenvalue weighted by atomic mass is 16.5. The fourth-order valence-electron chi connectivity index (χ4n) is 2.69. The normalized spacial score (nSPS) is 17.0. The number of aromatic nitrogens is 3. The molecule has 0 saturated carbocycles. The largest absolute Gasteiger partial charge is 0.361 e. The molecule has 3 rings (SSSR count). The molecular formula is C16H23N5O. The molecule has 1 aliphatic rings. The summed E-state index contributed by atoms with van der Waals surface area (Å²) >= 11 is 0. The first kappa shape index (κ1) is 15.0. The van der Waals surface area contributed by atoms with Crippen LogP contribution in [0.5, 0.6) is 0 Å². The Hall–Kier alpha value is -1.95.